The molecule has 2 aliphatic rings. The van der Waals surface area contributed by atoms with Crippen LogP contribution in [0.4, 0.5) is 17.1 Å². The van der Waals surface area contributed by atoms with Gasteiger partial charge in [-0.25, -0.2) is 0 Å². The average Bonchev–Trinajstić information content (AvgIpc) is 3.72. The molecule has 0 fully saturated rings. The van der Waals surface area contributed by atoms with Crippen LogP contribution < -0.4 is 15.3 Å². The molecule has 0 bridgehead atoms. The Bertz CT molecular complexity index is 3240. The van der Waals surface area contributed by atoms with E-state index in [1.54, 1.807) is 0 Å². The summed E-state index contributed by atoms with van der Waals surface area (Å²) >= 11 is 0. The molecule has 0 aromatic heterocycles. The first kappa shape index (κ1) is 34.1. The fourth-order valence-corrected chi connectivity index (χ4v) is 14.1. The molecule has 1 heterocycles. The van der Waals surface area contributed by atoms with Crippen LogP contribution in [0.2, 0.25) is 13.1 Å². The molecule has 0 saturated heterocycles. The summed E-state index contributed by atoms with van der Waals surface area (Å²) in [5, 5.41) is 10.7. The summed E-state index contributed by atoms with van der Waals surface area (Å²) in [5.41, 5.74) is 13.4. The van der Waals surface area contributed by atoms with Crippen molar-refractivity contribution in [2.24, 2.45) is 0 Å². The summed E-state index contributed by atoms with van der Waals surface area (Å²) in [5.74, 6) is 0. The second kappa shape index (κ2) is 12.7. The largest absolute Gasteiger partial charge is 0.310 e. The number of nitrogens with zero attached hydrogens (tertiary/aromatic N) is 1. The van der Waals surface area contributed by atoms with E-state index in [2.05, 4.69) is 230 Å². The van der Waals surface area contributed by atoms with E-state index in [9.17, 15) is 0 Å². The molecular weight excluding hydrogens is 727 g/mol. The zero-order chi connectivity index (χ0) is 39.3. The molecular formula is C57H41NSi. The molecule has 0 atom stereocenters. The lowest BCUT2D eigenvalue weighted by atomic mass is 9.67. The summed E-state index contributed by atoms with van der Waals surface area (Å²) in [6, 6.07) is 79.9. The van der Waals surface area contributed by atoms with Gasteiger partial charge in [-0.05, 0) is 118 Å². The standard InChI is InChI=1S/C57H41NSi/c1-59(2)55-31-17-12-26-48(55)49-35-33-40(37-56(49)59)58(39-32-34-45-43-22-7-6-20-41(43)42-21-8-9-23-44(42)50(45)36-39)54-30-16-15-29-53(54)57(38-18-4-3-5-19-38)51-27-13-10-24-46(51)47-25-11-14-28-52(47)57/h3-37H,1-2H3. The van der Waals surface area contributed by atoms with Crippen LogP contribution in [0.25, 0.3) is 54.6 Å². The molecule has 0 N–H and O–H groups in total. The molecule has 1 aliphatic carbocycles. The summed E-state index contributed by atoms with van der Waals surface area (Å²) in [7, 11) is -2.00. The van der Waals surface area contributed by atoms with Crippen LogP contribution in [-0.4, -0.2) is 8.07 Å². The number of fused-ring (bicyclic) bond motifs is 12. The Morgan fingerprint density at radius 2 is 0.797 bits per heavy atom. The molecule has 12 rings (SSSR count). The highest BCUT2D eigenvalue weighted by atomic mass is 28.3. The lowest BCUT2D eigenvalue weighted by Gasteiger charge is -2.38. The van der Waals surface area contributed by atoms with Gasteiger partial charge >= 0.3 is 0 Å². The van der Waals surface area contributed by atoms with Crippen LogP contribution in [0.5, 0.6) is 0 Å². The maximum atomic E-state index is 2.57. The Labute approximate surface area is 346 Å². The van der Waals surface area contributed by atoms with Gasteiger partial charge in [-0.3, -0.25) is 0 Å². The SMILES string of the molecule is C[Si]1(C)c2ccccc2-c2ccc(N(c3ccc4c5ccccc5c5ccccc5c4c3)c3ccccc3C3(c4ccccc4)c4ccccc4-c4ccccc43)cc21. The first-order valence-electron chi connectivity index (χ1n) is 20.8. The number of benzene rings is 10. The highest BCUT2D eigenvalue weighted by molar-refractivity contribution is 7.03. The molecule has 1 nitrogen and oxygen atoms in total. The predicted molar refractivity (Wildman–Crippen MR) is 253 cm³/mol. The van der Waals surface area contributed by atoms with Crippen molar-refractivity contribution in [3.8, 4) is 22.3 Å². The van der Waals surface area contributed by atoms with E-state index in [0.717, 1.165) is 5.69 Å². The van der Waals surface area contributed by atoms with Crippen LogP contribution >= 0.6 is 0 Å². The van der Waals surface area contributed by atoms with Crippen molar-refractivity contribution in [3.63, 3.8) is 0 Å². The Morgan fingerprint density at radius 3 is 1.46 bits per heavy atom. The van der Waals surface area contributed by atoms with Crippen LogP contribution in [0, 0.1) is 0 Å². The second-order valence-electron chi connectivity index (χ2n) is 16.8. The van der Waals surface area contributed by atoms with Crippen molar-refractivity contribution in [3.05, 3.63) is 235 Å². The van der Waals surface area contributed by atoms with E-state index in [-0.39, 0.29) is 0 Å². The van der Waals surface area contributed by atoms with Gasteiger partial charge in [-0.15, -0.1) is 0 Å². The number of hydrogen-bond acceptors (Lipinski definition) is 1. The Balaban J connectivity index is 1.19. The fourth-order valence-electron chi connectivity index (χ4n) is 11.0. The average molecular weight is 768 g/mol. The van der Waals surface area contributed by atoms with Crippen molar-refractivity contribution >= 4 is 67.8 Å². The first-order valence-corrected chi connectivity index (χ1v) is 23.8. The molecule has 1 aliphatic heterocycles. The number of hydrogen-bond donors (Lipinski definition) is 0. The molecule has 2 heteroatoms. The van der Waals surface area contributed by atoms with E-state index in [4.69, 9.17) is 0 Å². The maximum absolute atomic E-state index is 2.57. The molecule has 59 heavy (non-hydrogen) atoms. The van der Waals surface area contributed by atoms with Crippen molar-refractivity contribution in [2.45, 2.75) is 18.5 Å². The zero-order valence-electron chi connectivity index (χ0n) is 33.2. The highest BCUT2D eigenvalue weighted by Gasteiger charge is 2.48. The van der Waals surface area contributed by atoms with Gasteiger partial charge in [0.25, 0.3) is 0 Å². The molecule has 278 valence electrons. The minimum atomic E-state index is -2.00. The molecule has 0 radical (unpaired) electrons. The lowest BCUT2D eigenvalue weighted by molar-refractivity contribution is 0.768. The minimum Gasteiger partial charge on any atom is -0.310 e. The van der Waals surface area contributed by atoms with Crippen LogP contribution in [0.1, 0.15) is 22.3 Å². The Morgan fingerprint density at radius 1 is 0.339 bits per heavy atom. The maximum Gasteiger partial charge on any atom is 0.113 e. The Kier molecular flexibility index (Phi) is 7.36. The van der Waals surface area contributed by atoms with Gasteiger partial charge in [-0.1, -0.05) is 195 Å². The van der Waals surface area contributed by atoms with E-state index in [0.29, 0.717) is 0 Å². The normalized spacial score (nSPS) is 14.2. The van der Waals surface area contributed by atoms with Gasteiger partial charge in [0.15, 0.2) is 0 Å². The van der Waals surface area contributed by atoms with Crippen molar-refractivity contribution in [1.29, 1.82) is 0 Å². The zero-order valence-corrected chi connectivity index (χ0v) is 34.2. The minimum absolute atomic E-state index is 0.565. The van der Waals surface area contributed by atoms with Crippen LogP contribution in [0.3, 0.4) is 0 Å². The van der Waals surface area contributed by atoms with E-state index < -0.39 is 13.5 Å². The van der Waals surface area contributed by atoms with Crippen LogP contribution in [-0.2, 0) is 5.41 Å². The third-order valence-corrected chi connectivity index (χ3v) is 17.1. The summed E-state index contributed by atoms with van der Waals surface area (Å²) < 4.78 is 0. The first-order chi connectivity index (χ1) is 29.0. The molecule has 0 spiro atoms. The van der Waals surface area contributed by atoms with E-state index in [1.807, 2.05) is 0 Å². The predicted octanol–water partition coefficient (Wildman–Crippen LogP) is 13.8. The number of para-hydroxylation sites is 1. The molecule has 10 aromatic carbocycles. The van der Waals surface area contributed by atoms with Crippen molar-refractivity contribution in [1.82, 2.24) is 0 Å². The molecule has 0 unspecified atom stereocenters. The van der Waals surface area contributed by atoms with E-state index >= 15 is 0 Å². The summed E-state index contributed by atoms with van der Waals surface area (Å²) in [6.45, 7) is 5.04. The summed E-state index contributed by atoms with van der Waals surface area (Å²) in [4.78, 5) is 2.57. The topological polar surface area (TPSA) is 3.24 Å². The second-order valence-corrected chi connectivity index (χ2v) is 21.1. The van der Waals surface area contributed by atoms with Crippen molar-refractivity contribution in [2.75, 3.05) is 4.90 Å². The number of rotatable bonds is 5. The smallest absolute Gasteiger partial charge is 0.113 e. The van der Waals surface area contributed by atoms with Gasteiger partial charge in [0.2, 0.25) is 0 Å². The monoisotopic (exact) mass is 767 g/mol. The quantitative estimate of drug-likeness (QED) is 0.125. The Hall–Kier alpha value is -7.00. The third-order valence-electron chi connectivity index (χ3n) is 13.5. The van der Waals surface area contributed by atoms with E-state index in [1.165, 1.54) is 98.6 Å². The van der Waals surface area contributed by atoms with Gasteiger partial charge < -0.3 is 4.90 Å². The van der Waals surface area contributed by atoms with Crippen molar-refractivity contribution < 1.29 is 0 Å². The molecule has 0 saturated carbocycles. The van der Waals surface area contributed by atoms with Gasteiger partial charge in [0.1, 0.15) is 8.07 Å². The van der Waals surface area contributed by atoms with Crippen LogP contribution in [0.15, 0.2) is 212 Å². The summed E-state index contributed by atoms with van der Waals surface area (Å²) in [6.07, 6.45) is 0. The highest BCUT2D eigenvalue weighted by Crippen LogP contribution is 2.58. The lowest BCUT2D eigenvalue weighted by Crippen LogP contribution is -2.49. The van der Waals surface area contributed by atoms with Gasteiger partial charge in [0, 0.05) is 11.4 Å². The molecule has 10 aromatic rings. The number of anilines is 3. The van der Waals surface area contributed by atoms with Gasteiger partial charge in [0.05, 0.1) is 11.1 Å². The third kappa shape index (κ3) is 4.72. The molecule has 0 amide bonds. The van der Waals surface area contributed by atoms with Gasteiger partial charge in [-0.2, -0.15) is 0 Å². The fraction of sp³-hybridized carbons (Fsp3) is 0.0526.